The molecule has 1 amide bonds. The molecule has 1 aromatic rings. The van der Waals surface area contributed by atoms with Crippen molar-refractivity contribution >= 4 is 23.2 Å². The normalized spacial score (nSPS) is 23.4. The van der Waals surface area contributed by atoms with E-state index < -0.39 is 18.2 Å². The molecule has 0 saturated carbocycles. The lowest BCUT2D eigenvalue weighted by Gasteiger charge is -2.17. The number of hydrogen-bond donors (Lipinski definition) is 1. The maximum atomic E-state index is 13.9. The van der Waals surface area contributed by atoms with Crippen LogP contribution in [0.5, 0.6) is 0 Å². The molecule has 5 nitrogen and oxygen atoms in total. The number of thiazole rings is 1. The van der Waals surface area contributed by atoms with E-state index >= 15 is 0 Å². The zero-order valence-corrected chi connectivity index (χ0v) is 10.9. The van der Waals surface area contributed by atoms with Crippen LogP contribution in [0.15, 0.2) is 0 Å². The maximum Gasteiger partial charge on any atom is 0.343 e. The van der Waals surface area contributed by atoms with Gasteiger partial charge in [-0.15, -0.1) is 11.3 Å². The second-order valence-corrected chi connectivity index (χ2v) is 5.60. The molecule has 1 unspecified atom stereocenters. The molecular weight excluding hydrogens is 259 g/mol. The number of aryl methyl sites for hydroxylation is 2. The Morgan fingerprint density at radius 3 is 2.61 bits per heavy atom. The van der Waals surface area contributed by atoms with Gasteiger partial charge in [0.05, 0.1) is 17.2 Å². The van der Waals surface area contributed by atoms with E-state index in [0.29, 0.717) is 10.6 Å². The molecule has 98 valence electrons. The van der Waals surface area contributed by atoms with Crippen molar-refractivity contribution in [2.24, 2.45) is 0 Å². The fourth-order valence-electron chi connectivity index (χ4n) is 1.99. The summed E-state index contributed by atoms with van der Waals surface area (Å²) in [6.45, 7) is 3.23. The molecule has 1 aromatic heterocycles. The van der Waals surface area contributed by atoms with Crippen molar-refractivity contribution in [3.05, 3.63) is 15.6 Å². The standard InChI is InChI=1S/C11H13FN2O3S/c1-6-8(18-7(2)13-6)9(15)14-4-3-11(12,5-14)10(16)17/h3-5H2,1-2H3,(H,16,17). The fraction of sp³-hybridized carbons (Fsp3) is 0.545. The van der Waals surface area contributed by atoms with Gasteiger partial charge >= 0.3 is 5.97 Å². The van der Waals surface area contributed by atoms with Crippen LogP contribution in [-0.2, 0) is 4.79 Å². The van der Waals surface area contributed by atoms with E-state index in [1.54, 1.807) is 13.8 Å². The first-order valence-electron chi connectivity index (χ1n) is 5.49. The molecule has 2 heterocycles. The van der Waals surface area contributed by atoms with Gasteiger partial charge in [0.25, 0.3) is 5.91 Å². The smallest absolute Gasteiger partial charge is 0.343 e. The Hall–Kier alpha value is -1.50. The van der Waals surface area contributed by atoms with Gasteiger partial charge in [-0.2, -0.15) is 0 Å². The van der Waals surface area contributed by atoms with Gasteiger partial charge in [-0.1, -0.05) is 0 Å². The number of carbonyl (C=O) groups is 2. The molecule has 0 bridgehead atoms. The van der Waals surface area contributed by atoms with Crippen molar-refractivity contribution in [1.82, 2.24) is 9.88 Å². The molecule has 1 N–H and O–H groups in total. The first-order valence-corrected chi connectivity index (χ1v) is 6.31. The summed E-state index contributed by atoms with van der Waals surface area (Å²) in [5.74, 6) is -1.84. The number of aromatic nitrogens is 1. The molecule has 1 saturated heterocycles. The van der Waals surface area contributed by atoms with Crippen LogP contribution in [0.2, 0.25) is 0 Å². The van der Waals surface area contributed by atoms with E-state index in [4.69, 9.17) is 5.11 Å². The molecule has 1 aliphatic rings. The Morgan fingerprint density at radius 2 is 2.17 bits per heavy atom. The number of carboxylic acid groups (broad SMARTS) is 1. The van der Waals surface area contributed by atoms with E-state index in [9.17, 15) is 14.0 Å². The topological polar surface area (TPSA) is 70.5 Å². The third-order valence-electron chi connectivity index (χ3n) is 2.99. The van der Waals surface area contributed by atoms with Gasteiger partial charge in [-0.3, -0.25) is 4.79 Å². The van der Waals surface area contributed by atoms with Crippen molar-refractivity contribution in [3.63, 3.8) is 0 Å². The third-order valence-corrected chi connectivity index (χ3v) is 4.05. The van der Waals surface area contributed by atoms with Gasteiger partial charge in [0.2, 0.25) is 5.67 Å². The molecule has 0 radical (unpaired) electrons. The monoisotopic (exact) mass is 272 g/mol. The predicted octanol–water partition coefficient (Wildman–Crippen LogP) is 1.40. The second kappa shape index (κ2) is 4.31. The summed E-state index contributed by atoms with van der Waals surface area (Å²) in [6.07, 6.45) is -0.162. The number of alkyl halides is 1. The average molecular weight is 272 g/mol. The number of halogens is 1. The summed E-state index contributed by atoms with van der Waals surface area (Å²) in [5.41, 5.74) is -1.71. The number of hydrogen-bond acceptors (Lipinski definition) is 4. The fourth-order valence-corrected chi connectivity index (χ4v) is 2.88. The van der Waals surface area contributed by atoms with Crippen LogP contribution in [0.1, 0.15) is 26.8 Å². The second-order valence-electron chi connectivity index (χ2n) is 4.39. The number of rotatable bonds is 2. The van der Waals surface area contributed by atoms with Crippen LogP contribution in [0, 0.1) is 13.8 Å². The molecule has 18 heavy (non-hydrogen) atoms. The minimum Gasteiger partial charge on any atom is -0.479 e. The van der Waals surface area contributed by atoms with Crippen molar-refractivity contribution in [3.8, 4) is 0 Å². The Morgan fingerprint density at radius 1 is 1.50 bits per heavy atom. The first-order chi connectivity index (χ1) is 8.33. The predicted molar refractivity (Wildman–Crippen MR) is 63.6 cm³/mol. The largest absolute Gasteiger partial charge is 0.479 e. The van der Waals surface area contributed by atoms with E-state index in [1.165, 1.54) is 16.2 Å². The van der Waals surface area contributed by atoms with Crippen LogP contribution < -0.4 is 0 Å². The van der Waals surface area contributed by atoms with Crippen LogP contribution in [0.4, 0.5) is 4.39 Å². The van der Waals surface area contributed by atoms with Crippen LogP contribution in [0.25, 0.3) is 0 Å². The Balaban J connectivity index is 2.18. The molecule has 0 spiro atoms. The lowest BCUT2D eigenvalue weighted by Crippen LogP contribution is -2.38. The average Bonchev–Trinajstić information content (AvgIpc) is 2.82. The van der Waals surface area contributed by atoms with Crippen molar-refractivity contribution < 1.29 is 19.1 Å². The summed E-state index contributed by atoms with van der Waals surface area (Å²) >= 11 is 1.25. The molecule has 1 aliphatic heterocycles. The molecule has 7 heteroatoms. The van der Waals surface area contributed by atoms with Gasteiger partial charge < -0.3 is 10.0 Å². The molecule has 1 atom stereocenters. The minimum atomic E-state index is -2.32. The third kappa shape index (κ3) is 2.10. The minimum absolute atomic E-state index is 0.123. The number of aliphatic carboxylic acids is 1. The molecular formula is C11H13FN2O3S. The number of amides is 1. The first kappa shape index (κ1) is 12.9. The summed E-state index contributed by atoms with van der Waals surface area (Å²) in [7, 11) is 0. The highest BCUT2D eigenvalue weighted by molar-refractivity contribution is 7.13. The van der Waals surface area contributed by atoms with E-state index in [1.807, 2.05) is 0 Å². The number of carbonyl (C=O) groups excluding carboxylic acids is 1. The van der Waals surface area contributed by atoms with Crippen molar-refractivity contribution in [1.29, 1.82) is 0 Å². The van der Waals surface area contributed by atoms with Gasteiger partial charge in [0.15, 0.2) is 0 Å². The highest BCUT2D eigenvalue weighted by atomic mass is 32.1. The Kier molecular flexibility index (Phi) is 3.10. The molecule has 2 rings (SSSR count). The highest BCUT2D eigenvalue weighted by Crippen LogP contribution is 2.29. The van der Waals surface area contributed by atoms with E-state index in [-0.39, 0.29) is 18.9 Å². The van der Waals surface area contributed by atoms with E-state index in [2.05, 4.69) is 4.98 Å². The van der Waals surface area contributed by atoms with Crippen LogP contribution >= 0.6 is 11.3 Å². The van der Waals surface area contributed by atoms with Crippen molar-refractivity contribution in [2.75, 3.05) is 13.1 Å². The van der Waals surface area contributed by atoms with Crippen LogP contribution in [-0.4, -0.2) is 45.6 Å². The lowest BCUT2D eigenvalue weighted by atomic mass is 10.1. The zero-order chi connectivity index (χ0) is 13.5. The maximum absolute atomic E-state index is 13.9. The SMILES string of the molecule is Cc1nc(C)c(C(=O)N2CCC(F)(C(=O)O)C2)s1. The van der Waals surface area contributed by atoms with E-state index in [0.717, 1.165) is 5.01 Å². The Bertz CT molecular complexity index is 516. The number of carboxylic acids is 1. The summed E-state index contributed by atoms with van der Waals surface area (Å²) in [6, 6.07) is 0. The van der Waals surface area contributed by atoms with Crippen LogP contribution in [0.3, 0.4) is 0 Å². The summed E-state index contributed by atoms with van der Waals surface area (Å²) in [5, 5.41) is 9.54. The summed E-state index contributed by atoms with van der Waals surface area (Å²) < 4.78 is 13.9. The molecule has 0 aromatic carbocycles. The number of likely N-dealkylation sites (tertiary alicyclic amines) is 1. The molecule has 0 aliphatic carbocycles. The quantitative estimate of drug-likeness (QED) is 0.883. The van der Waals surface area contributed by atoms with Gasteiger partial charge in [0, 0.05) is 13.0 Å². The lowest BCUT2D eigenvalue weighted by molar-refractivity contribution is -0.149. The highest BCUT2D eigenvalue weighted by Gasteiger charge is 2.47. The number of nitrogens with zero attached hydrogens (tertiary/aromatic N) is 2. The Labute approximate surface area is 107 Å². The zero-order valence-electron chi connectivity index (χ0n) is 10.1. The van der Waals surface area contributed by atoms with Gasteiger partial charge in [-0.05, 0) is 13.8 Å². The summed E-state index contributed by atoms with van der Waals surface area (Å²) in [4.78, 5) is 28.7. The van der Waals surface area contributed by atoms with Gasteiger partial charge in [-0.25, -0.2) is 14.2 Å². The van der Waals surface area contributed by atoms with Gasteiger partial charge in [0.1, 0.15) is 4.88 Å². The van der Waals surface area contributed by atoms with Crippen molar-refractivity contribution in [2.45, 2.75) is 25.9 Å². The molecule has 1 fully saturated rings.